The number of halogens is 2. The second kappa shape index (κ2) is 6.00. The molecule has 0 aromatic heterocycles. The van der Waals surface area contributed by atoms with Crippen LogP contribution in [0.25, 0.3) is 0 Å². The molecule has 19 heavy (non-hydrogen) atoms. The fourth-order valence-electron chi connectivity index (χ4n) is 2.73. The van der Waals surface area contributed by atoms with E-state index in [4.69, 9.17) is 0 Å². The predicted molar refractivity (Wildman–Crippen MR) is 74.4 cm³/mol. The first kappa shape index (κ1) is 14.4. The molecule has 0 saturated carbocycles. The summed E-state index contributed by atoms with van der Waals surface area (Å²) in [5.74, 6) is -2.72. The summed E-state index contributed by atoms with van der Waals surface area (Å²) < 4.78 is 27.9. The smallest absolute Gasteiger partial charge is 0.273 e. The molecule has 0 spiro atoms. The summed E-state index contributed by atoms with van der Waals surface area (Å²) in [5.41, 5.74) is 1.27. The van der Waals surface area contributed by atoms with Gasteiger partial charge in [0.1, 0.15) is 0 Å². The van der Waals surface area contributed by atoms with Gasteiger partial charge >= 0.3 is 0 Å². The van der Waals surface area contributed by atoms with E-state index < -0.39 is 5.92 Å². The summed E-state index contributed by atoms with van der Waals surface area (Å²) in [6, 6.07) is 7.22. The average Bonchev–Trinajstić information content (AvgIpc) is 2.38. The van der Waals surface area contributed by atoms with E-state index in [0.29, 0.717) is 6.04 Å². The molecule has 1 aromatic rings. The Bertz CT molecular complexity index is 392. The van der Waals surface area contributed by atoms with Crippen LogP contribution in [0.1, 0.15) is 56.7 Å². The lowest BCUT2D eigenvalue weighted by Gasteiger charge is -2.25. The van der Waals surface area contributed by atoms with E-state index in [1.165, 1.54) is 12.8 Å². The van der Waals surface area contributed by atoms with Gasteiger partial charge in [-0.1, -0.05) is 44.5 Å². The Morgan fingerprint density at radius 2 is 1.89 bits per heavy atom. The second-order valence-electron chi connectivity index (χ2n) is 5.93. The first-order valence-corrected chi connectivity index (χ1v) is 7.20. The number of hydrogen-bond acceptors (Lipinski definition) is 1. The number of alkyl halides is 2. The zero-order valence-electron chi connectivity index (χ0n) is 11.8. The van der Waals surface area contributed by atoms with Crippen LogP contribution in [0, 0.1) is 5.92 Å². The van der Waals surface area contributed by atoms with E-state index in [2.05, 4.69) is 5.32 Å². The lowest BCUT2D eigenvalue weighted by Crippen LogP contribution is -2.26. The molecule has 1 N–H and O–H groups in total. The third kappa shape index (κ3) is 3.75. The van der Waals surface area contributed by atoms with Gasteiger partial charge in [0.15, 0.2) is 0 Å². The minimum atomic E-state index is -2.72. The lowest BCUT2D eigenvalue weighted by atomic mass is 9.94. The molecule has 0 amide bonds. The fraction of sp³-hybridized carbons (Fsp3) is 0.625. The molecule has 106 valence electrons. The number of piperidine rings is 1. The highest BCUT2D eigenvalue weighted by atomic mass is 19.3. The molecule has 1 fully saturated rings. The normalized spacial score (nSPS) is 20.8. The minimum absolute atomic E-state index is 0.00492. The van der Waals surface area contributed by atoms with Crippen molar-refractivity contribution >= 4 is 0 Å². The van der Waals surface area contributed by atoms with E-state index >= 15 is 0 Å². The van der Waals surface area contributed by atoms with Gasteiger partial charge in [0, 0.05) is 18.0 Å². The van der Waals surface area contributed by atoms with Gasteiger partial charge in [-0.05, 0) is 30.9 Å². The van der Waals surface area contributed by atoms with E-state index in [9.17, 15) is 8.78 Å². The highest BCUT2D eigenvalue weighted by Crippen LogP contribution is 2.35. The zero-order chi connectivity index (χ0) is 13.9. The van der Waals surface area contributed by atoms with Crippen LogP contribution in [-0.4, -0.2) is 6.54 Å². The summed E-state index contributed by atoms with van der Waals surface area (Å²) in [6.07, 6.45) is 3.43. The van der Waals surface area contributed by atoms with Gasteiger partial charge in [0.2, 0.25) is 0 Å². The van der Waals surface area contributed by atoms with Crippen molar-refractivity contribution in [2.75, 3.05) is 6.54 Å². The number of rotatable bonds is 4. The van der Waals surface area contributed by atoms with Crippen molar-refractivity contribution < 1.29 is 8.78 Å². The van der Waals surface area contributed by atoms with Crippen LogP contribution in [0.3, 0.4) is 0 Å². The number of nitrogens with one attached hydrogen (secondary N) is 1. The molecule has 1 saturated heterocycles. The van der Waals surface area contributed by atoms with Gasteiger partial charge in [-0.2, -0.15) is 0 Å². The molecule has 1 atom stereocenters. The first-order chi connectivity index (χ1) is 8.99. The quantitative estimate of drug-likeness (QED) is 0.838. The molecule has 1 nitrogen and oxygen atoms in total. The Balaban J connectivity index is 2.09. The highest BCUT2D eigenvalue weighted by Gasteiger charge is 2.32. The van der Waals surface area contributed by atoms with Crippen molar-refractivity contribution in [1.29, 1.82) is 0 Å². The molecule has 1 aliphatic rings. The van der Waals surface area contributed by atoms with E-state index in [0.717, 1.165) is 18.5 Å². The van der Waals surface area contributed by atoms with Crippen molar-refractivity contribution in [3.8, 4) is 0 Å². The Kier molecular flexibility index (Phi) is 4.56. The molecule has 1 heterocycles. The summed E-state index contributed by atoms with van der Waals surface area (Å²) in [4.78, 5) is 0. The van der Waals surface area contributed by atoms with Crippen LogP contribution in [0.2, 0.25) is 0 Å². The maximum absolute atomic E-state index is 14.0. The van der Waals surface area contributed by atoms with Gasteiger partial charge in [0.25, 0.3) is 5.92 Å². The topological polar surface area (TPSA) is 12.0 Å². The molecular formula is C16H23F2N. The standard InChI is InChI=1S/C16H23F2N/c1-12(2)11-16(17,18)14-8-6-13(7-9-14)15-5-3-4-10-19-15/h6-9,12,15,19H,3-5,10-11H2,1-2H3. The molecule has 3 heteroatoms. The van der Waals surface area contributed by atoms with E-state index in [-0.39, 0.29) is 17.9 Å². The van der Waals surface area contributed by atoms with Gasteiger partial charge in [-0.15, -0.1) is 0 Å². The van der Waals surface area contributed by atoms with Crippen LogP contribution in [0.15, 0.2) is 24.3 Å². The molecule has 2 rings (SSSR count). The molecular weight excluding hydrogens is 244 g/mol. The summed E-state index contributed by atoms with van der Waals surface area (Å²) in [5, 5.41) is 3.44. The van der Waals surface area contributed by atoms with Crippen molar-refractivity contribution in [3.63, 3.8) is 0 Å². The Labute approximate surface area is 114 Å². The van der Waals surface area contributed by atoms with Crippen LogP contribution in [0.4, 0.5) is 8.78 Å². The highest BCUT2D eigenvalue weighted by molar-refractivity contribution is 5.28. The molecule has 0 radical (unpaired) electrons. The van der Waals surface area contributed by atoms with Gasteiger partial charge in [-0.25, -0.2) is 8.78 Å². The van der Waals surface area contributed by atoms with Crippen molar-refractivity contribution in [2.45, 2.75) is 51.5 Å². The largest absolute Gasteiger partial charge is 0.310 e. The fourth-order valence-corrected chi connectivity index (χ4v) is 2.73. The van der Waals surface area contributed by atoms with Crippen LogP contribution in [-0.2, 0) is 5.92 Å². The Morgan fingerprint density at radius 3 is 2.42 bits per heavy atom. The summed E-state index contributed by atoms with van der Waals surface area (Å²) >= 11 is 0. The maximum Gasteiger partial charge on any atom is 0.273 e. The molecule has 1 unspecified atom stereocenters. The zero-order valence-corrected chi connectivity index (χ0v) is 11.8. The SMILES string of the molecule is CC(C)CC(F)(F)c1ccc(C2CCCCN2)cc1. The van der Waals surface area contributed by atoms with E-state index in [1.807, 2.05) is 26.0 Å². The minimum Gasteiger partial charge on any atom is -0.310 e. The van der Waals surface area contributed by atoms with Crippen LogP contribution < -0.4 is 5.32 Å². The first-order valence-electron chi connectivity index (χ1n) is 7.20. The third-order valence-corrected chi connectivity index (χ3v) is 3.71. The maximum atomic E-state index is 14.0. The van der Waals surface area contributed by atoms with Crippen molar-refractivity contribution in [2.24, 2.45) is 5.92 Å². The number of hydrogen-bond donors (Lipinski definition) is 1. The summed E-state index contributed by atoms with van der Waals surface area (Å²) in [6.45, 7) is 4.68. The van der Waals surface area contributed by atoms with Crippen molar-refractivity contribution in [3.05, 3.63) is 35.4 Å². The molecule has 1 aliphatic heterocycles. The molecule has 0 aliphatic carbocycles. The average molecular weight is 267 g/mol. The van der Waals surface area contributed by atoms with E-state index in [1.54, 1.807) is 12.1 Å². The predicted octanol–water partition coefficient (Wildman–Crippen LogP) is 4.64. The van der Waals surface area contributed by atoms with Crippen molar-refractivity contribution in [1.82, 2.24) is 5.32 Å². The lowest BCUT2D eigenvalue weighted by molar-refractivity contribution is -0.0249. The van der Waals surface area contributed by atoms with Gasteiger partial charge in [0.05, 0.1) is 0 Å². The monoisotopic (exact) mass is 267 g/mol. The Hall–Kier alpha value is -0.960. The van der Waals surface area contributed by atoms with Crippen LogP contribution >= 0.6 is 0 Å². The molecule has 0 bridgehead atoms. The Morgan fingerprint density at radius 1 is 1.21 bits per heavy atom. The van der Waals surface area contributed by atoms with Crippen LogP contribution in [0.5, 0.6) is 0 Å². The summed E-state index contributed by atoms with van der Waals surface area (Å²) in [7, 11) is 0. The molecule has 1 aromatic carbocycles. The number of benzene rings is 1. The second-order valence-corrected chi connectivity index (χ2v) is 5.93. The van der Waals surface area contributed by atoms with Gasteiger partial charge in [-0.3, -0.25) is 0 Å². The third-order valence-electron chi connectivity index (χ3n) is 3.71. The van der Waals surface area contributed by atoms with Gasteiger partial charge < -0.3 is 5.32 Å².